The van der Waals surface area contributed by atoms with Crippen LogP contribution in [0.2, 0.25) is 0 Å². The number of rotatable bonds is 6. The first-order valence-electron chi connectivity index (χ1n) is 11.4. The van der Waals surface area contributed by atoms with Crippen molar-refractivity contribution in [2.45, 2.75) is 37.5 Å². The smallest absolute Gasteiger partial charge is 0.251 e. The molecule has 1 fully saturated rings. The molecule has 1 amide bonds. The van der Waals surface area contributed by atoms with Gasteiger partial charge in [-0.3, -0.25) is 4.79 Å². The molecule has 0 spiro atoms. The predicted octanol–water partition coefficient (Wildman–Crippen LogP) is 4.42. The Morgan fingerprint density at radius 1 is 1.03 bits per heavy atom. The van der Waals surface area contributed by atoms with Crippen LogP contribution in [0.4, 0.5) is 4.39 Å². The number of amidine groups is 1. The Labute approximate surface area is 196 Å². The van der Waals surface area contributed by atoms with Crippen LogP contribution in [0, 0.1) is 5.82 Å². The average molecular weight is 458 g/mol. The molecule has 3 N–H and O–H groups in total. The van der Waals surface area contributed by atoms with Crippen molar-refractivity contribution in [1.29, 1.82) is 0 Å². The maximum absolute atomic E-state index is 14.5. The summed E-state index contributed by atoms with van der Waals surface area (Å²) in [7, 11) is 1.37. The fourth-order valence-corrected chi connectivity index (χ4v) is 4.95. The number of carbonyl (C=O) groups excluding carboxylic acids is 1. The second kappa shape index (κ2) is 7.95. The van der Waals surface area contributed by atoms with Crippen molar-refractivity contribution in [3.8, 4) is 0 Å². The Bertz CT molecular complexity index is 1350. The van der Waals surface area contributed by atoms with Gasteiger partial charge in [-0.15, -0.1) is 0 Å². The van der Waals surface area contributed by atoms with E-state index in [1.165, 1.54) is 42.7 Å². The Kier molecular flexibility index (Phi) is 4.88. The summed E-state index contributed by atoms with van der Waals surface area (Å²) in [6, 6.07) is 16.9. The second-order valence-electron chi connectivity index (χ2n) is 9.05. The van der Waals surface area contributed by atoms with E-state index in [1.54, 1.807) is 18.2 Å². The van der Waals surface area contributed by atoms with E-state index >= 15 is 0 Å². The number of carbonyl (C=O) groups is 1. The largest absolute Gasteiger partial charge is 0.397 e. The summed E-state index contributed by atoms with van der Waals surface area (Å²) in [6.45, 7) is 0.0551. The summed E-state index contributed by atoms with van der Waals surface area (Å²) in [4.78, 5) is 17.5. The molecule has 0 aromatic heterocycles. The normalized spacial score (nSPS) is 20.1. The van der Waals surface area contributed by atoms with Crippen LogP contribution in [0.25, 0.3) is 0 Å². The number of oxime groups is 1. The fourth-order valence-electron chi connectivity index (χ4n) is 4.95. The van der Waals surface area contributed by atoms with Gasteiger partial charge in [0.2, 0.25) is 0 Å². The van der Waals surface area contributed by atoms with E-state index in [-0.39, 0.29) is 30.5 Å². The van der Waals surface area contributed by atoms with Gasteiger partial charge in [-0.2, -0.15) is 0 Å². The molecule has 2 bridgehead atoms. The van der Waals surface area contributed by atoms with Gasteiger partial charge in [-0.05, 0) is 64.8 Å². The molecule has 0 radical (unpaired) electrons. The topological polar surface area (TPSA) is 85.9 Å². The van der Waals surface area contributed by atoms with Gasteiger partial charge in [0.1, 0.15) is 25.1 Å². The number of hydrogen-bond acceptors (Lipinski definition) is 4. The first-order valence-corrected chi connectivity index (χ1v) is 11.4. The molecule has 6 rings (SSSR count). The number of nitrogens with one attached hydrogen (secondary N) is 1. The lowest BCUT2D eigenvalue weighted by Gasteiger charge is -2.17. The summed E-state index contributed by atoms with van der Waals surface area (Å²) < 4.78 is 20.8. The lowest BCUT2D eigenvalue weighted by molar-refractivity contribution is 0.0857. The van der Waals surface area contributed by atoms with Gasteiger partial charge in [-0.25, -0.2) is 4.39 Å². The molecule has 2 atom stereocenters. The number of halogens is 1. The first kappa shape index (κ1) is 20.9. The van der Waals surface area contributed by atoms with Crippen molar-refractivity contribution in [2.75, 3.05) is 7.11 Å². The van der Waals surface area contributed by atoms with Crippen molar-refractivity contribution < 1.29 is 18.8 Å². The highest BCUT2D eigenvalue weighted by Crippen LogP contribution is 2.55. The number of nitrogens with two attached hydrogens (primary N) is 1. The molecule has 0 unspecified atom stereocenters. The van der Waals surface area contributed by atoms with Crippen LogP contribution in [0.3, 0.4) is 0 Å². The molecule has 3 aliphatic rings. The van der Waals surface area contributed by atoms with Gasteiger partial charge >= 0.3 is 0 Å². The Balaban J connectivity index is 1.18. The fraction of sp³-hybridized carbons (Fsp3) is 0.259. The number of nitrogens with zero attached hydrogens (tertiary/aromatic N) is 1. The Hall–Kier alpha value is -3.71. The molecule has 3 aromatic carbocycles. The quantitative estimate of drug-likeness (QED) is 0.326. The van der Waals surface area contributed by atoms with E-state index in [9.17, 15) is 9.18 Å². The monoisotopic (exact) mass is 457 g/mol. The molecule has 2 aliphatic heterocycles. The highest BCUT2D eigenvalue weighted by molar-refractivity contribution is 5.97. The van der Waals surface area contributed by atoms with Crippen molar-refractivity contribution in [3.63, 3.8) is 0 Å². The van der Waals surface area contributed by atoms with E-state index in [0.29, 0.717) is 22.6 Å². The third kappa shape index (κ3) is 3.44. The molecular formula is C27H24FN3O3. The van der Waals surface area contributed by atoms with Gasteiger partial charge in [-0.1, -0.05) is 41.6 Å². The summed E-state index contributed by atoms with van der Waals surface area (Å²) in [6.07, 6.45) is 2.31. The van der Waals surface area contributed by atoms with Gasteiger partial charge in [0.05, 0.1) is 0 Å². The molecule has 7 heteroatoms. The third-order valence-corrected chi connectivity index (χ3v) is 6.89. The van der Waals surface area contributed by atoms with Crippen molar-refractivity contribution >= 4 is 11.7 Å². The number of benzene rings is 3. The van der Waals surface area contributed by atoms with Crippen molar-refractivity contribution in [2.24, 2.45) is 10.9 Å². The third-order valence-electron chi connectivity index (χ3n) is 6.89. The van der Waals surface area contributed by atoms with E-state index in [0.717, 1.165) is 11.1 Å². The van der Waals surface area contributed by atoms with E-state index in [2.05, 4.69) is 33.5 Å². The summed E-state index contributed by atoms with van der Waals surface area (Å²) in [5, 5.41) is 6.41. The maximum Gasteiger partial charge on any atom is 0.251 e. The molecule has 1 saturated carbocycles. The van der Waals surface area contributed by atoms with Crippen LogP contribution < -0.4 is 11.1 Å². The van der Waals surface area contributed by atoms with Crippen LogP contribution in [0.1, 0.15) is 80.3 Å². The zero-order chi connectivity index (χ0) is 23.4. The van der Waals surface area contributed by atoms with Crippen LogP contribution in [0.15, 0.2) is 59.8 Å². The van der Waals surface area contributed by atoms with E-state index in [1.807, 2.05) is 12.1 Å². The zero-order valence-corrected chi connectivity index (χ0v) is 18.7. The van der Waals surface area contributed by atoms with E-state index in [4.69, 9.17) is 10.5 Å². The number of ether oxygens (including phenoxy) is 1. The van der Waals surface area contributed by atoms with Crippen LogP contribution in [0.5, 0.6) is 0 Å². The SMILES string of the molecule is CON=C(N)c1ccc(CNC(=O)c2ccc3c(c2)[C@@H]2O[C@H]3c3ccc(C4CC4)cc32)c(F)c1. The lowest BCUT2D eigenvalue weighted by atomic mass is 9.84. The van der Waals surface area contributed by atoms with Crippen LogP contribution in [-0.4, -0.2) is 18.9 Å². The highest BCUT2D eigenvalue weighted by atomic mass is 19.1. The Morgan fingerprint density at radius 3 is 2.47 bits per heavy atom. The predicted molar refractivity (Wildman–Crippen MR) is 125 cm³/mol. The molecule has 1 aliphatic carbocycles. The molecular weight excluding hydrogens is 433 g/mol. The first-order chi connectivity index (χ1) is 16.5. The van der Waals surface area contributed by atoms with Crippen molar-refractivity contribution in [1.82, 2.24) is 5.32 Å². The van der Waals surface area contributed by atoms with Gasteiger partial charge in [0.25, 0.3) is 5.91 Å². The van der Waals surface area contributed by atoms with Gasteiger partial charge < -0.3 is 20.6 Å². The second-order valence-corrected chi connectivity index (χ2v) is 9.05. The number of fused-ring (bicyclic) bond motifs is 8. The average Bonchev–Trinajstić information content (AvgIpc) is 3.55. The minimum atomic E-state index is -0.477. The minimum absolute atomic E-state index is 0.0551. The van der Waals surface area contributed by atoms with Crippen molar-refractivity contribution in [3.05, 3.63) is 105 Å². The minimum Gasteiger partial charge on any atom is -0.397 e. The zero-order valence-electron chi connectivity index (χ0n) is 18.7. The maximum atomic E-state index is 14.5. The van der Waals surface area contributed by atoms with Crippen LogP contribution >= 0.6 is 0 Å². The highest BCUT2D eigenvalue weighted by Gasteiger charge is 2.43. The molecule has 3 aromatic rings. The van der Waals surface area contributed by atoms with Gasteiger partial charge in [0, 0.05) is 23.2 Å². The molecule has 172 valence electrons. The molecule has 6 nitrogen and oxygen atoms in total. The molecule has 2 heterocycles. The number of amides is 1. The summed E-state index contributed by atoms with van der Waals surface area (Å²) in [5.74, 6) is 0.0212. The number of hydrogen-bond donors (Lipinski definition) is 2. The van der Waals surface area contributed by atoms with Gasteiger partial charge in [0.15, 0.2) is 5.84 Å². The standard InChI is InChI=1S/C27H24FN3O3/c1-33-31-26(29)16-4-5-18(23(28)12-16)13-30-27(32)17-7-9-20-22(11-17)25-21-10-15(14-2-3-14)6-8-19(21)24(20)34-25/h4-12,14,24-25H,2-3,13H2,1H3,(H2,29,31)(H,30,32)/t24-,25+/m0/s1. The summed E-state index contributed by atoms with van der Waals surface area (Å²) in [5.41, 5.74) is 13.0. The lowest BCUT2D eigenvalue weighted by Crippen LogP contribution is -2.24. The molecule has 34 heavy (non-hydrogen) atoms. The molecule has 0 saturated heterocycles. The Morgan fingerprint density at radius 2 is 1.74 bits per heavy atom. The van der Waals surface area contributed by atoms with E-state index < -0.39 is 5.82 Å². The summed E-state index contributed by atoms with van der Waals surface area (Å²) >= 11 is 0. The van der Waals surface area contributed by atoms with Crippen LogP contribution in [-0.2, 0) is 16.1 Å².